The molecule has 2 N–H and O–H groups in total. The maximum absolute atomic E-state index is 12.4. The van der Waals surface area contributed by atoms with E-state index in [1.54, 1.807) is 42.5 Å². The molecule has 0 saturated carbocycles. The summed E-state index contributed by atoms with van der Waals surface area (Å²) in [6.07, 6.45) is 1.17. The minimum atomic E-state index is -3.24. The molecule has 1 amide bonds. The van der Waals surface area contributed by atoms with E-state index in [1.807, 2.05) is 19.9 Å². The van der Waals surface area contributed by atoms with Crippen LogP contribution < -0.4 is 5.32 Å². The molecule has 0 heterocycles. The standard InChI is InChI=1S/C19H23NO4S/c1-13(2)18(12-21)20-19(22)16-6-4-5-15(11-16)14-7-9-17(10-8-14)25(3,23)24/h4-11,13,18,21H,12H2,1-3H3,(H,20,22)/t18-/m0/s1. The average Bonchev–Trinajstić information content (AvgIpc) is 2.58. The van der Waals surface area contributed by atoms with Crippen LogP contribution in [0.25, 0.3) is 11.1 Å². The number of aliphatic hydroxyl groups excluding tert-OH is 1. The zero-order chi connectivity index (χ0) is 18.6. The molecular formula is C19H23NO4S. The number of hydrogen-bond donors (Lipinski definition) is 2. The zero-order valence-electron chi connectivity index (χ0n) is 14.6. The minimum Gasteiger partial charge on any atom is -0.394 e. The molecule has 25 heavy (non-hydrogen) atoms. The highest BCUT2D eigenvalue weighted by Crippen LogP contribution is 2.22. The Hall–Kier alpha value is -2.18. The SMILES string of the molecule is CC(C)[C@H](CO)NC(=O)c1cccc(-c2ccc(S(C)(=O)=O)cc2)c1. The second kappa shape index (κ2) is 7.80. The summed E-state index contributed by atoms with van der Waals surface area (Å²) in [5.74, 6) is -0.122. The predicted octanol–water partition coefficient (Wildman–Crippen LogP) is 2.50. The Morgan fingerprint density at radius 3 is 2.24 bits per heavy atom. The van der Waals surface area contributed by atoms with E-state index in [0.717, 1.165) is 11.1 Å². The number of rotatable bonds is 6. The van der Waals surface area contributed by atoms with Gasteiger partial charge >= 0.3 is 0 Å². The molecule has 0 aliphatic heterocycles. The van der Waals surface area contributed by atoms with Gasteiger partial charge in [-0.1, -0.05) is 38.1 Å². The lowest BCUT2D eigenvalue weighted by Crippen LogP contribution is -2.41. The lowest BCUT2D eigenvalue weighted by Gasteiger charge is -2.20. The van der Waals surface area contributed by atoms with Crippen LogP contribution in [0.1, 0.15) is 24.2 Å². The molecule has 5 nitrogen and oxygen atoms in total. The van der Waals surface area contributed by atoms with Crippen LogP contribution in [0.5, 0.6) is 0 Å². The van der Waals surface area contributed by atoms with E-state index in [4.69, 9.17) is 0 Å². The molecule has 0 spiro atoms. The van der Waals surface area contributed by atoms with Crippen LogP contribution in [0.2, 0.25) is 0 Å². The molecule has 1 atom stereocenters. The van der Waals surface area contributed by atoms with Gasteiger partial charge in [-0.15, -0.1) is 0 Å². The molecule has 2 aromatic rings. The number of carbonyl (C=O) groups is 1. The number of benzene rings is 2. The molecule has 0 unspecified atom stereocenters. The van der Waals surface area contributed by atoms with Crippen molar-refractivity contribution in [1.29, 1.82) is 0 Å². The Kier molecular flexibility index (Phi) is 5.98. The summed E-state index contributed by atoms with van der Waals surface area (Å²) in [5.41, 5.74) is 2.13. The van der Waals surface area contributed by atoms with E-state index in [0.29, 0.717) is 5.56 Å². The Balaban J connectivity index is 2.25. The fourth-order valence-electron chi connectivity index (χ4n) is 2.41. The first-order chi connectivity index (χ1) is 11.7. The van der Waals surface area contributed by atoms with E-state index >= 15 is 0 Å². The molecular weight excluding hydrogens is 338 g/mol. The highest BCUT2D eigenvalue weighted by Gasteiger charge is 2.16. The first-order valence-corrected chi connectivity index (χ1v) is 9.94. The molecule has 0 saturated heterocycles. The van der Waals surface area contributed by atoms with Gasteiger partial charge in [-0.3, -0.25) is 4.79 Å². The Morgan fingerprint density at radius 1 is 1.08 bits per heavy atom. The van der Waals surface area contributed by atoms with E-state index in [9.17, 15) is 18.3 Å². The van der Waals surface area contributed by atoms with E-state index in [-0.39, 0.29) is 29.4 Å². The highest BCUT2D eigenvalue weighted by atomic mass is 32.2. The second-order valence-corrected chi connectivity index (χ2v) is 8.40. The van der Waals surface area contributed by atoms with Gasteiger partial charge < -0.3 is 10.4 Å². The van der Waals surface area contributed by atoms with Crippen molar-refractivity contribution in [2.24, 2.45) is 5.92 Å². The van der Waals surface area contributed by atoms with Gasteiger partial charge in [0.25, 0.3) is 5.91 Å². The minimum absolute atomic E-state index is 0.115. The number of carbonyl (C=O) groups excluding carboxylic acids is 1. The summed E-state index contributed by atoms with van der Waals surface area (Å²) < 4.78 is 23.1. The molecule has 2 rings (SSSR count). The normalized spacial score (nSPS) is 12.8. The largest absolute Gasteiger partial charge is 0.394 e. The van der Waals surface area contributed by atoms with Crippen LogP contribution >= 0.6 is 0 Å². The smallest absolute Gasteiger partial charge is 0.251 e. The van der Waals surface area contributed by atoms with Crippen molar-refractivity contribution in [3.05, 3.63) is 54.1 Å². The number of nitrogens with one attached hydrogen (secondary N) is 1. The molecule has 0 aromatic heterocycles. The van der Waals surface area contributed by atoms with Gasteiger partial charge in [0.05, 0.1) is 17.5 Å². The van der Waals surface area contributed by atoms with Crippen LogP contribution in [-0.2, 0) is 9.84 Å². The molecule has 0 fully saturated rings. The lowest BCUT2D eigenvalue weighted by atomic mass is 10.0. The number of aliphatic hydroxyl groups is 1. The van der Waals surface area contributed by atoms with Crippen molar-refractivity contribution in [3.63, 3.8) is 0 Å². The highest BCUT2D eigenvalue weighted by molar-refractivity contribution is 7.90. The monoisotopic (exact) mass is 361 g/mol. The van der Waals surface area contributed by atoms with Crippen molar-refractivity contribution in [1.82, 2.24) is 5.32 Å². The third kappa shape index (κ3) is 4.90. The molecule has 2 aromatic carbocycles. The second-order valence-electron chi connectivity index (χ2n) is 6.38. The van der Waals surface area contributed by atoms with E-state index < -0.39 is 9.84 Å². The van der Waals surface area contributed by atoms with Crippen LogP contribution in [0.4, 0.5) is 0 Å². The van der Waals surface area contributed by atoms with Crippen molar-refractivity contribution < 1.29 is 18.3 Å². The van der Waals surface area contributed by atoms with E-state index in [2.05, 4.69) is 5.32 Å². The van der Waals surface area contributed by atoms with Gasteiger partial charge in [0.15, 0.2) is 9.84 Å². The van der Waals surface area contributed by atoms with Crippen molar-refractivity contribution in [2.45, 2.75) is 24.8 Å². The molecule has 134 valence electrons. The maximum atomic E-state index is 12.4. The molecule has 0 aliphatic carbocycles. The first-order valence-electron chi connectivity index (χ1n) is 8.04. The maximum Gasteiger partial charge on any atom is 0.251 e. The molecule has 0 aliphatic rings. The summed E-state index contributed by atoms with van der Waals surface area (Å²) in [7, 11) is -3.24. The van der Waals surface area contributed by atoms with Crippen molar-refractivity contribution >= 4 is 15.7 Å². The Bertz CT molecular complexity index is 842. The lowest BCUT2D eigenvalue weighted by molar-refractivity contribution is 0.0897. The van der Waals surface area contributed by atoms with Crippen LogP contribution in [0.15, 0.2) is 53.4 Å². The number of amides is 1. The zero-order valence-corrected chi connectivity index (χ0v) is 15.4. The Labute approximate surface area is 148 Å². The van der Waals surface area contributed by atoms with Crippen molar-refractivity contribution in [3.8, 4) is 11.1 Å². The van der Waals surface area contributed by atoms with Crippen LogP contribution in [-0.4, -0.2) is 38.3 Å². The van der Waals surface area contributed by atoms with Crippen LogP contribution in [0, 0.1) is 5.92 Å². The quantitative estimate of drug-likeness (QED) is 0.828. The predicted molar refractivity (Wildman–Crippen MR) is 98.2 cm³/mol. The molecule has 0 radical (unpaired) electrons. The summed E-state index contributed by atoms with van der Waals surface area (Å²) >= 11 is 0. The van der Waals surface area contributed by atoms with Crippen LogP contribution in [0.3, 0.4) is 0 Å². The third-order valence-electron chi connectivity index (χ3n) is 4.06. The van der Waals surface area contributed by atoms with E-state index in [1.165, 1.54) is 6.26 Å². The fraction of sp³-hybridized carbons (Fsp3) is 0.316. The van der Waals surface area contributed by atoms with Gasteiger partial charge in [-0.25, -0.2) is 8.42 Å². The van der Waals surface area contributed by atoms with Gasteiger partial charge in [-0.05, 0) is 41.3 Å². The number of hydrogen-bond acceptors (Lipinski definition) is 4. The van der Waals surface area contributed by atoms with Crippen molar-refractivity contribution in [2.75, 3.05) is 12.9 Å². The summed E-state index contributed by atoms with van der Waals surface area (Å²) in [6.45, 7) is 3.75. The first kappa shape index (κ1) is 19.1. The topological polar surface area (TPSA) is 83.5 Å². The molecule has 6 heteroatoms. The Morgan fingerprint density at radius 2 is 1.72 bits per heavy atom. The summed E-state index contributed by atoms with van der Waals surface area (Å²) in [4.78, 5) is 12.6. The summed E-state index contributed by atoms with van der Waals surface area (Å²) in [5, 5.41) is 12.2. The summed E-state index contributed by atoms with van der Waals surface area (Å²) in [6, 6.07) is 13.3. The fourth-order valence-corrected chi connectivity index (χ4v) is 3.04. The average molecular weight is 361 g/mol. The molecule has 0 bridgehead atoms. The third-order valence-corrected chi connectivity index (χ3v) is 5.19. The van der Waals surface area contributed by atoms with Gasteiger partial charge in [0, 0.05) is 11.8 Å². The van der Waals surface area contributed by atoms with Gasteiger partial charge in [0.1, 0.15) is 0 Å². The number of sulfone groups is 1. The van der Waals surface area contributed by atoms with Gasteiger partial charge in [-0.2, -0.15) is 0 Å². The van der Waals surface area contributed by atoms with Gasteiger partial charge in [0.2, 0.25) is 0 Å².